The van der Waals surface area contributed by atoms with Crippen LogP contribution in [0.3, 0.4) is 0 Å². The molecule has 0 saturated heterocycles. The maximum absolute atomic E-state index is 4.29. The van der Waals surface area contributed by atoms with Gasteiger partial charge < -0.3 is 0 Å². The van der Waals surface area contributed by atoms with Crippen LogP contribution in [0.1, 0.15) is 27.7 Å². The van der Waals surface area contributed by atoms with Crippen LogP contribution in [0.4, 0.5) is 22.7 Å². The monoisotopic (exact) mass is 915 g/mol. The van der Waals surface area contributed by atoms with Gasteiger partial charge in [-0.2, -0.15) is 56.9 Å². The number of imidazole rings is 1. The van der Waals surface area contributed by atoms with Crippen molar-refractivity contribution in [2.24, 2.45) is 20.5 Å². The minimum Gasteiger partial charge on any atom is -0.230 e. The number of hydrogen-bond donors (Lipinski definition) is 0. The molecule has 0 aliphatic rings. The Morgan fingerprint density at radius 3 is 1.33 bits per heavy atom. The molecule has 2 aromatic carbocycles. The largest absolute Gasteiger partial charge is 0.244 e. The average Bonchev–Trinajstić information content (AvgIpc) is 3.52. The first-order valence-electron chi connectivity index (χ1n) is 14.1. The summed E-state index contributed by atoms with van der Waals surface area (Å²) in [6, 6.07) is 28.7. The van der Waals surface area contributed by atoms with Crippen molar-refractivity contribution in [3.8, 4) is 0 Å². The third kappa shape index (κ3) is 13.6. The van der Waals surface area contributed by atoms with Crippen molar-refractivity contribution < 1.29 is 55.8 Å². The summed E-state index contributed by atoms with van der Waals surface area (Å²) in [5, 5.41) is 17.1. The van der Waals surface area contributed by atoms with Crippen LogP contribution in [-0.4, -0.2) is 4.57 Å². The number of benzene rings is 2. The Labute approximate surface area is 284 Å². The molecule has 0 radical (unpaired) electrons. The van der Waals surface area contributed by atoms with E-state index in [-0.39, 0.29) is 42.1 Å². The van der Waals surface area contributed by atoms with E-state index in [0.717, 1.165) is 48.9 Å². The summed E-state index contributed by atoms with van der Waals surface area (Å²) in [4.78, 5) is 0. The molecular weight excluding hydrogens is 876 g/mol. The fraction of sp³-hybridized carbons (Fsp3) is 0.242. The van der Waals surface area contributed by atoms with Crippen LogP contribution in [0, 0.1) is 12.1 Å². The smallest absolute Gasteiger partial charge is 0.230 e. The average molecular weight is 915 g/mol. The molecule has 5 rings (SSSR count). The molecule has 0 unspecified atom stereocenters. The third-order valence-corrected chi connectivity index (χ3v) is 5.69. The summed E-state index contributed by atoms with van der Waals surface area (Å²) >= 11 is 0. The van der Waals surface area contributed by atoms with Crippen molar-refractivity contribution >= 4 is 22.7 Å². The first-order valence-corrected chi connectivity index (χ1v) is 14.1. The van der Waals surface area contributed by atoms with Gasteiger partial charge in [0.1, 0.15) is 25.5 Å². The van der Waals surface area contributed by atoms with Gasteiger partial charge in [0, 0.05) is 66.4 Å². The predicted molar refractivity (Wildman–Crippen MR) is 160 cm³/mol. The van der Waals surface area contributed by atoms with Crippen molar-refractivity contribution in [3.63, 3.8) is 0 Å². The van der Waals surface area contributed by atoms with Crippen LogP contribution in [-0.2, 0) is 68.3 Å². The number of aryl methyl sites for hydroxylation is 4. The van der Waals surface area contributed by atoms with E-state index in [0.29, 0.717) is 0 Å². The summed E-state index contributed by atoms with van der Waals surface area (Å²) in [5.41, 5.74) is 3.28. The van der Waals surface area contributed by atoms with Crippen molar-refractivity contribution in [2.75, 3.05) is 0 Å². The topological polar surface area (TPSA) is 66.0 Å². The molecule has 0 saturated carbocycles. The fourth-order valence-corrected chi connectivity index (χ4v) is 3.62. The molecule has 5 aromatic rings. The van der Waals surface area contributed by atoms with Crippen molar-refractivity contribution in [2.45, 2.75) is 53.9 Å². The molecule has 10 heteroatoms. The molecule has 0 amide bonds. The number of rotatable bonds is 10. The number of hydrogen-bond acceptors (Lipinski definition) is 4. The molecule has 0 fully saturated rings. The minimum atomic E-state index is 0. The van der Waals surface area contributed by atoms with Gasteiger partial charge in [-0.3, -0.25) is 0 Å². The molecule has 3 aromatic heterocycles. The summed E-state index contributed by atoms with van der Waals surface area (Å²) in [6.07, 6.45) is 14.5. The van der Waals surface area contributed by atoms with Gasteiger partial charge in [-0.25, -0.2) is 18.3 Å². The standard InChI is InChI=1S/C29H27N8.2C2H6.2W/c1-3-7-26(8-4-1)30-32-28-11-15-34(16-12-28)19-21-36-23-24-37(25-36)22-20-35-17-13-29(14-18-35)33-31-27-9-5-2-6-10-27;2*1-2;;/h3-18,23-25H,19-22H2;2*1-2H3;;/q+1;;;;. The Hall–Kier alpha value is -3.47. The Balaban J connectivity index is 0.00000148. The van der Waals surface area contributed by atoms with Crippen molar-refractivity contribution in [1.82, 2.24) is 4.57 Å². The number of nitrogens with zero attached hydrogens (tertiary/aromatic N) is 8. The number of azo groups is 2. The molecule has 0 N–H and O–H groups in total. The van der Waals surface area contributed by atoms with E-state index in [4.69, 9.17) is 0 Å². The molecule has 0 spiro atoms. The molecule has 0 aliphatic carbocycles. The second-order valence-electron chi connectivity index (χ2n) is 8.39. The zero-order chi connectivity index (χ0) is 29.1. The molecule has 8 nitrogen and oxygen atoms in total. The van der Waals surface area contributed by atoms with E-state index in [1.807, 2.05) is 125 Å². The van der Waals surface area contributed by atoms with E-state index in [2.05, 4.69) is 69.6 Å². The van der Waals surface area contributed by atoms with Gasteiger partial charge in [0.15, 0.2) is 37.9 Å². The van der Waals surface area contributed by atoms with Gasteiger partial charge in [-0.15, -0.1) is 24.3 Å². The van der Waals surface area contributed by atoms with Crippen LogP contribution in [0.2, 0.25) is 0 Å². The quantitative estimate of drug-likeness (QED) is 0.0808. The summed E-state index contributed by atoms with van der Waals surface area (Å²) in [6.45, 7) is 11.5. The summed E-state index contributed by atoms with van der Waals surface area (Å²) in [5.74, 6) is 0. The predicted octanol–water partition coefficient (Wildman–Crippen LogP) is 7.23. The Morgan fingerprint density at radius 2 is 0.884 bits per heavy atom. The first kappa shape index (κ1) is 37.6. The fourth-order valence-electron chi connectivity index (χ4n) is 3.62. The van der Waals surface area contributed by atoms with Gasteiger partial charge in [0.25, 0.3) is 0 Å². The Kier molecular flexibility index (Phi) is 19.3. The van der Waals surface area contributed by atoms with Gasteiger partial charge >= 0.3 is 0 Å². The van der Waals surface area contributed by atoms with Gasteiger partial charge in [-0.1, -0.05) is 27.7 Å². The second-order valence-corrected chi connectivity index (χ2v) is 8.39. The van der Waals surface area contributed by atoms with Crippen molar-refractivity contribution in [1.29, 1.82) is 0 Å². The van der Waals surface area contributed by atoms with E-state index in [9.17, 15) is 0 Å². The van der Waals surface area contributed by atoms with Gasteiger partial charge in [0.2, 0.25) is 6.33 Å². The minimum absolute atomic E-state index is 0. The third-order valence-electron chi connectivity index (χ3n) is 5.69. The Bertz CT molecular complexity index is 1340. The maximum atomic E-state index is 4.29. The summed E-state index contributed by atoms with van der Waals surface area (Å²) < 4.78 is 8.68. The number of pyridine rings is 2. The normalized spacial score (nSPS) is 10.1. The van der Waals surface area contributed by atoms with Crippen molar-refractivity contribution in [3.05, 3.63) is 128 Å². The zero-order valence-electron chi connectivity index (χ0n) is 25.2. The van der Waals surface area contributed by atoms with Crippen LogP contribution >= 0.6 is 0 Å². The first-order chi connectivity index (χ1) is 20.3. The van der Waals surface area contributed by atoms with Gasteiger partial charge in [0.05, 0.1) is 11.4 Å². The molecule has 222 valence electrons. The Morgan fingerprint density at radius 1 is 0.512 bits per heavy atom. The molecule has 0 bridgehead atoms. The van der Waals surface area contributed by atoms with Crippen LogP contribution in [0.15, 0.2) is 137 Å². The molecule has 0 atom stereocenters. The molecule has 0 aliphatic heterocycles. The SMILES string of the molecule is CC.CC.[W].[W].[c-]1ccc(N=Nc2cc[n+](CCn3cc[n+](CC[n+]4ccc(N=Nc5cc[c-]cc5)cc4)c3)cc2)cc1. The zero-order valence-corrected chi connectivity index (χ0v) is 31.1. The molecule has 43 heavy (non-hydrogen) atoms. The van der Waals surface area contributed by atoms with E-state index >= 15 is 0 Å². The van der Waals surface area contributed by atoms with E-state index in [1.54, 1.807) is 0 Å². The molecule has 3 heterocycles. The maximum Gasteiger partial charge on any atom is 0.244 e. The second kappa shape index (κ2) is 22.1. The van der Waals surface area contributed by atoms with Gasteiger partial charge in [-0.05, 0) is 11.4 Å². The van der Waals surface area contributed by atoms with E-state index in [1.165, 1.54) is 0 Å². The molecular formula is C33H39N8W2+. The number of aromatic nitrogens is 4. The van der Waals surface area contributed by atoms with Crippen LogP contribution < -0.4 is 13.7 Å². The van der Waals surface area contributed by atoms with Crippen LogP contribution in [0.25, 0.3) is 0 Å². The summed E-state index contributed by atoms with van der Waals surface area (Å²) in [7, 11) is 0. The van der Waals surface area contributed by atoms with E-state index < -0.39 is 0 Å². The van der Waals surface area contributed by atoms with Crippen LogP contribution in [0.5, 0.6) is 0 Å².